The molecule has 1 fully saturated rings. The zero-order chi connectivity index (χ0) is 19.7. The Kier molecular flexibility index (Phi) is 10.4. The van der Waals surface area contributed by atoms with Gasteiger partial charge in [-0.3, -0.25) is 4.99 Å². The van der Waals surface area contributed by atoms with Crippen LogP contribution in [0.2, 0.25) is 0 Å². The van der Waals surface area contributed by atoms with Gasteiger partial charge >= 0.3 is 6.09 Å². The zero-order valence-corrected chi connectivity index (χ0v) is 19.5. The van der Waals surface area contributed by atoms with Crippen molar-refractivity contribution in [1.82, 2.24) is 16.0 Å². The normalized spacial score (nSPS) is 13.9. The highest BCUT2D eigenvalue weighted by atomic mass is 127. The number of guanidine groups is 1. The summed E-state index contributed by atoms with van der Waals surface area (Å²) in [5, 5.41) is 9.14. The zero-order valence-electron chi connectivity index (χ0n) is 17.2. The number of aliphatic imine (C=N–C) groups is 1. The van der Waals surface area contributed by atoms with Crippen LogP contribution in [0.3, 0.4) is 0 Å². The number of para-hydroxylation sites is 1. The molecule has 0 aliphatic heterocycles. The topological polar surface area (TPSA) is 84.0 Å². The maximum atomic E-state index is 11.6. The molecule has 1 amide bonds. The molecule has 0 unspecified atom stereocenters. The van der Waals surface area contributed by atoms with Gasteiger partial charge in [0.25, 0.3) is 0 Å². The summed E-state index contributed by atoms with van der Waals surface area (Å²) in [6, 6.07) is 8.04. The first-order valence-electron chi connectivity index (χ1n) is 9.49. The summed E-state index contributed by atoms with van der Waals surface area (Å²) in [5.41, 5.74) is 0.595. The molecule has 7 nitrogen and oxygen atoms in total. The van der Waals surface area contributed by atoms with Gasteiger partial charge in [0.05, 0.1) is 6.61 Å². The number of hydrogen-bond acceptors (Lipinski definition) is 4. The molecule has 0 bridgehead atoms. The Bertz CT molecular complexity index is 643. The van der Waals surface area contributed by atoms with E-state index >= 15 is 0 Å². The van der Waals surface area contributed by atoms with E-state index in [-0.39, 0.29) is 24.0 Å². The SMILES string of the molecule is CN=C(NCCNC(=O)OC(C)(C)C)NCc1ccccc1OCC1CC1.I. The molecule has 0 aromatic heterocycles. The summed E-state index contributed by atoms with van der Waals surface area (Å²) in [5.74, 6) is 2.30. The Morgan fingerprint density at radius 1 is 1.14 bits per heavy atom. The third kappa shape index (κ3) is 10.0. The van der Waals surface area contributed by atoms with Crippen LogP contribution in [0, 0.1) is 5.92 Å². The van der Waals surface area contributed by atoms with Crippen LogP contribution in [0.4, 0.5) is 4.79 Å². The Hall–Kier alpha value is -1.71. The molecule has 0 atom stereocenters. The number of hydrogen-bond donors (Lipinski definition) is 3. The smallest absolute Gasteiger partial charge is 0.407 e. The number of ether oxygens (including phenoxy) is 2. The summed E-state index contributed by atoms with van der Waals surface area (Å²) in [7, 11) is 1.71. The minimum atomic E-state index is -0.496. The average molecular weight is 504 g/mol. The van der Waals surface area contributed by atoms with Crippen molar-refractivity contribution >= 4 is 36.0 Å². The van der Waals surface area contributed by atoms with E-state index in [1.165, 1.54) is 12.8 Å². The van der Waals surface area contributed by atoms with Gasteiger partial charge in [-0.05, 0) is 45.6 Å². The summed E-state index contributed by atoms with van der Waals surface area (Å²) < 4.78 is 11.1. The van der Waals surface area contributed by atoms with Crippen LogP contribution >= 0.6 is 24.0 Å². The van der Waals surface area contributed by atoms with E-state index in [4.69, 9.17) is 9.47 Å². The van der Waals surface area contributed by atoms with Crippen molar-refractivity contribution in [3.63, 3.8) is 0 Å². The van der Waals surface area contributed by atoms with Crippen LogP contribution in [0.5, 0.6) is 5.75 Å². The van der Waals surface area contributed by atoms with Gasteiger partial charge in [-0.15, -0.1) is 24.0 Å². The molecule has 158 valence electrons. The highest BCUT2D eigenvalue weighted by molar-refractivity contribution is 14.0. The number of carbonyl (C=O) groups excluding carboxylic acids is 1. The third-order valence-corrected chi connectivity index (χ3v) is 3.90. The molecule has 0 spiro atoms. The molecule has 1 aromatic rings. The number of halogens is 1. The van der Waals surface area contributed by atoms with Gasteiger partial charge in [-0.2, -0.15) is 0 Å². The predicted octanol–water partition coefficient (Wildman–Crippen LogP) is 3.28. The third-order valence-electron chi connectivity index (χ3n) is 3.90. The summed E-state index contributed by atoms with van der Waals surface area (Å²) in [6.07, 6.45) is 2.12. The second-order valence-electron chi connectivity index (χ2n) is 7.64. The molecule has 0 heterocycles. The van der Waals surface area contributed by atoms with Gasteiger partial charge in [0.1, 0.15) is 11.4 Å². The number of carbonyl (C=O) groups is 1. The highest BCUT2D eigenvalue weighted by Crippen LogP contribution is 2.30. The largest absolute Gasteiger partial charge is 0.493 e. The fourth-order valence-electron chi connectivity index (χ4n) is 2.34. The van der Waals surface area contributed by atoms with E-state index in [2.05, 4.69) is 20.9 Å². The minimum absolute atomic E-state index is 0. The highest BCUT2D eigenvalue weighted by Gasteiger charge is 2.22. The van der Waals surface area contributed by atoms with Crippen molar-refractivity contribution in [2.24, 2.45) is 10.9 Å². The number of nitrogens with one attached hydrogen (secondary N) is 3. The fraction of sp³-hybridized carbons (Fsp3) is 0.600. The first kappa shape index (κ1) is 24.3. The Labute approximate surface area is 185 Å². The van der Waals surface area contributed by atoms with Gasteiger partial charge in [0, 0.05) is 32.2 Å². The fourth-order valence-corrected chi connectivity index (χ4v) is 2.34. The van der Waals surface area contributed by atoms with Crippen molar-refractivity contribution in [1.29, 1.82) is 0 Å². The van der Waals surface area contributed by atoms with Gasteiger partial charge in [0.2, 0.25) is 0 Å². The molecule has 2 rings (SSSR count). The maximum Gasteiger partial charge on any atom is 0.407 e. The van der Waals surface area contributed by atoms with Crippen LogP contribution in [-0.4, -0.2) is 44.4 Å². The summed E-state index contributed by atoms with van der Waals surface area (Å²) >= 11 is 0. The number of rotatable bonds is 8. The van der Waals surface area contributed by atoms with Crippen LogP contribution in [0.25, 0.3) is 0 Å². The lowest BCUT2D eigenvalue weighted by Gasteiger charge is -2.20. The van der Waals surface area contributed by atoms with E-state index in [0.717, 1.165) is 23.8 Å². The monoisotopic (exact) mass is 504 g/mol. The van der Waals surface area contributed by atoms with Gasteiger partial charge < -0.3 is 25.4 Å². The molecule has 1 aliphatic carbocycles. The standard InChI is InChI=1S/C20H32N4O3.HI/c1-20(2,3)27-19(25)23-12-11-22-18(21-4)24-13-16-7-5-6-8-17(16)26-14-15-9-10-15;/h5-8,15H,9-14H2,1-4H3,(H,23,25)(H2,21,22,24);1H. The lowest BCUT2D eigenvalue weighted by Crippen LogP contribution is -2.42. The molecule has 1 saturated carbocycles. The summed E-state index contributed by atoms with van der Waals surface area (Å²) in [4.78, 5) is 15.8. The van der Waals surface area contributed by atoms with E-state index in [9.17, 15) is 4.79 Å². The molecule has 0 radical (unpaired) electrons. The van der Waals surface area contributed by atoms with Gasteiger partial charge in [-0.1, -0.05) is 18.2 Å². The molecular formula is C20H33IN4O3. The van der Waals surface area contributed by atoms with Crippen molar-refractivity contribution in [2.75, 3.05) is 26.7 Å². The molecule has 0 saturated heterocycles. The lowest BCUT2D eigenvalue weighted by atomic mass is 10.2. The van der Waals surface area contributed by atoms with E-state index in [1.807, 2.05) is 45.0 Å². The molecule has 1 aromatic carbocycles. The predicted molar refractivity (Wildman–Crippen MR) is 123 cm³/mol. The second kappa shape index (κ2) is 12.0. The number of nitrogens with zero attached hydrogens (tertiary/aromatic N) is 1. The van der Waals surface area contributed by atoms with Crippen molar-refractivity contribution < 1.29 is 14.3 Å². The Morgan fingerprint density at radius 3 is 2.46 bits per heavy atom. The van der Waals surface area contributed by atoms with E-state index in [0.29, 0.717) is 25.6 Å². The molecule has 3 N–H and O–H groups in total. The van der Waals surface area contributed by atoms with Crippen LogP contribution in [-0.2, 0) is 11.3 Å². The van der Waals surface area contributed by atoms with E-state index < -0.39 is 11.7 Å². The van der Waals surface area contributed by atoms with Crippen LogP contribution in [0.1, 0.15) is 39.2 Å². The summed E-state index contributed by atoms with van der Waals surface area (Å²) in [6.45, 7) is 7.89. The maximum absolute atomic E-state index is 11.6. The molecule has 8 heteroatoms. The van der Waals surface area contributed by atoms with E-state index in [1.54, 1.807) is 7.05 Å². The van der Waals surface area contributed by atoms with Gasteiger partial charge in [0.15, 0.2) is 5.96 Å². The Balaban J connectivity index is 0.00000392. The number of amides is 1. The number of alkyl carbamates (subject to hydrolysis) is 1. The van der Waals surface area contributed by atoms with Crippen LogP contribution in [0.15, 0.2) is 29.3 Å². The first-order valence-corrected chi connectivity index (χ1v) is 9.49. The number of benzene rings is 1. The second-order valence-corrected chi connectivity index (χ2v) is 7.64. The quantitative estimate of drug-likeness (QED) is 0.219. The first-order chi connectivity index (χ1) is 12.9. The molecular weight excluding hydrogens is 471 g/mol. The Morgan fingerprint density at radius 2 is 1.82 bits per heavy atom. The van der Waals surface area contributed by atoms with Crippen LogP contribution < -0.4 is 20.7 Å². The van der Waals surface area contributed by atoms with Gasteiger partial charge in [-0.25, -0.2) is 4.79 Å². The molecule has 28 heavy (non-hydrogen) atoms. The minimum Gasteiger partial charge on any atom is -0.493 e. The molecule has 1 aliphatic rings. The van der Waals surface area contributed by atoms with Crippen molar-refractivity contribution in [3.8, 4) is 5.75 Å². The lowest BCUT2D eigenvalue weighted by molar-refractivity contribution is 0.0529. The van der Waals surface area contributed by atoms with Crippen molar-refractivity contribution in [2.45, 2.75) is 45.8 Å². The average Bonchev–Trinajstić information content (AvgIpc) is 3.43. The van der Waals surface area contributed by atoms with Crippen molar-refractivity contribution in [3.05, 3.63) is 29.8 Å².